The van der Waals surface area contributed by atoms with E-state index < -0.39 is 0 Å². The molecule has 112 valence electrons. The molecule has 3 rings (SSSR count). The van der Waals surface area contributed by atoms with E-state index in [2.05, 4.69) is 24.4 Å². The van der Waals surface area contributed by atoms with Crippen LogP contribution < -0.4 is 5.32 Å². The molecular weight excluding hydrogens is 262 g/mol. The molecule has 3 unspecified atom stereocenters. The number of imide groups is 1. The topological polar surface area (TPSA) is 46.2 Å². The lowest BCUT2D eigenvalue weighted by Gasteiger charge is -2.49. The molecular formula is C18H23NO2. The third kappa shape index (κ3) is 2.61. The zero-order valence-electron chi connectivity index (χ0n) is 12.6. The average Bonchev–Trinajstić information content (AvgIpc) is 2.47. The van der Waals surface area contributed by atoms with Gasteiger partial charge in [0.15, 0.2) is 0 Å². The second-order valence-electron chi connectivity index (χ2n) is 6.71. The molecule has 21 heavy (non-hydrogen) atoms. The molecule has 2 fully saturated rings. The Morgan fingerprint density at radius 1 is 1.19 bits per heavy atom. The minimum Gasteiger partial charge on any atom is -0.296 e. The van der Waals surface area contributed by atoms with Crippen molar-refractivity contribution in [1.82, 2.24) is 5.32 Å². The van der Waals surface area contributed by atoms with Crippen LogP contribution in [0.1, 0.15) is 44.6 Å². The van der Waals surface area contributed by atoms with Crippen molar-refractivity contribution in [1.29, 1.82) is 0 Å². The van der Waals surface area contributed by atoms with E-state index in [1.54, 1.807) is 0 Å². The molecule has 2 aliphatic rings. The maximum atomic E-state index is 12.5. The summed E-state index contributed by atoms with van der Waals surface area (Å²) in [5.41, 5.74) is 1.05. The fraction of sp³-hybridized carbons (Fsp3) is 0.556. The number of piperidine rings is 1. The first-order valence-corrected chi connectivity index (χ1v) is 7.99. The van der Waals surface area contributed by atoms with Crippen molar-refractivity contribution in [3.05, 3.63) is 35.9 Å². The van der Waals surface area contributed by atoms with Gasteiger partial charge in [0.05, 0.1) is 0 Å². The van der Waals surface area contributed by atoms with Crippen molar-refractivity contribution in [2.75, 3.05) is 0 Å². The zero-order valence-corrected chi connectivity index (χ0v) is 12.6. The van der Waals surface area contributed by atoms with E-state index in [-0.39, 0.29) is 23.1 Å². The number of rotatable bonds is 2. The van der Waals surface area contributed by atoms with E-state index in [1.165, 1.54) is 12.0 Å². The third-order valence-electron chi connectivity index (χ3n) is 5.56. The summed E-state index contributed by atoms with van der Waals surface area (Å²) in [6.45, 7) is 2.23. The maximum absolute atomic E-state index is 12.5. The lowest BCUT2D eigenvalue weighted by molar-refractivity contribution is -0.148. The Bertz CT molecular complexity index is 539. The van der Waals surface area contributed by atoms with Crippen LogP contribution in [0.5, 0.6) is 0 Å². The number of hydrogen-bond acceptors (Lipinski definition) is 2. The summed E-state index contributed by atoms with van der Waals surface area (Å²) in [6.07, 6.45) is 5.74. The van der Waals surface area contributed by atoms with Gasteiger partial charge in [0.2, 0.25) is 11.8 Å². The van der Waals surface area contributed by atoms with Crippen LogP contribution in [0.25, 0.3) is 0 Å². The standard InChI is InChI=1S/C18H23NO2/c1-13-7-5-6-10-18(13)12-16(20)19-17(21)15(18)11-14-8-3-2-4-9-14/h2-4,8-9,13,15H,5-7,10-12H2,1H3,(H,19,20,21). The average molecular weight is 285 g/mol. The summed E-state index contributed by atoms with van der Waals surface area (Å²) in [6, 6.07) is 10.2. The maximum Gasteiger partial charge on any atom is 0.230 e. The Morgan fingerprint density at radius 2 is 1.95 bits per heavy atom. The molecule has 0 radical (unpaired) electrons. The first-order valence-electron chi connectivity index (χ1n) is 7.99. The van der Waals surface area contributed by atoms with Crippen LogP contribution >= 0.6 is 0 Å². The number of benzene rings is 1. The number of hydrogen-bond donors (Lipinski definition) is 1. The van der Waals surface area contributed by atoms with Gasteiger partial charge in [-0.2, -0.15) is 0 Å². The lowest BCUT2D eigenvalue weighted by Crippen LogP contribution is -2.56. The van der Waals surface area contributed by atoms with Gasteiger partial charge in [0, 0.05) is 12.3 Å². The van der Waals surface area contributed by atoms with Gasteiger partial charge >= 0.3 is 0 Å². The molecule has 3 nitrogen and oxygen atoms in total. The summed E-state index contributed by atoms with van der Waals surface area (Å²) in [5.74, 6) is 0.213. The lowest BCUT2D eigenvalue weighted by atomic mass is 9.56. The van der Waals surface area contributed by atoms with Crippen LogP contribution in [-0.4, -0.2) is 11.8 Å². The van der Waals surface area contributed by atoms with E-state index >= 15 is 0 Å². The second-order valence-corrected chi connectivity index (χ2v) is 6.71. The number of amides is 2. The molecule has 1 aliphatic heterocycles. The highest BCUT2D eigenvalue weighted by molar-refractivity contribution is 5.99. The molecule has 1 saturated carbocycles. The van der Waals surface area contributed by atoms with E-state index in [0.29, 0.717) is 12.3 Å². The molecule has 3 atom stereocenters. The van der Waals surface area contributed by atoms with Gasteiger partial charge in [0.1, 0.15) is 0 Å². The van der Waals surface area contributed by atoms with E-state index in [9.17, 15) is 9.59 Å². The van der Waals surface area contributed by atoms with Gasteiger partial charge in [-0.1, -0.05) is 56.5 Å². The Kier molecular flexibility index (Phi) is 3.83. The van der Waals surface area contributed by atoms with Crippen molar-refractivity contribution >= 4 is 11.8 Å². The number of nitrogens with one attached hydrogen (secondary N) is 1. The SMILES string of the molecule is CC1CCCCC12CC(=O)NC(=O)C2Cc1ccccc1. The monoisotopic (exact) mass is 285 g/mol. The first kappa shape index (κ1) is 14.3. The molecule has 1 aliphatic carbocycles. The fourth-order valence-corrected chi connectivity index (χ4v) is 4.32. The van der Waals surface area contributed by atoms with Crippen molar-refractivity contribution in [3.63, 3.8) is 0 Å². The van der Waals surface area contributed by atoms with Crippen LogP contribution in [0.4, 0.5) is 0 Å². The van der Waals surface area contributed by atoms with Crippen LogP contribution in [-0.2, 0) is 16.0 Å². The fourth-order valence-electron chi connectivity index (χ4n) is 4.32. The predicted molar refractivity (Wildman–Crippen MR) is 81.5 cm³/mol. The highest BCUT2D eigenvalue weighted by Gasteiger charge is 2.51. The van der Waals surface area contributed by atoms with E-state index in [1.807, 2.05) is 18.2 Å². The van der Waals surface area contributed by atoms with E-state index in [0.717, 1.165) is 25.7 Å². The van der Waals surface area contributed by atoms with Crippen LogP contribution in [0.3, 0.4) is 0 Å². The summed E-state index contributed by atoms with van der Waals surface area (Å²) in [7, 11) is 0. The molecule has 1 aromatic rings. The van der Waals surface area contributed by atoms with Crippen LogP contribution in [0.15, 0.2) is 30.3 Å². The number of carbonyl (C=O) groups is 2. The molecule has 0 aromatic heterocycles. The van der Waals surface area contributed by atoms with Gasteiger partial charge in [-0.05, 0) is 29.7 Å². The van der Waals surface area contributed by atoms with Gasteiger partial charge in [-0.25, -0.2) is 0 Å². The molecule has 1 aromatic carbocycles. The smallest absolute Gasteiger partial charge is 0.230 e. The minimum atomic E-state index is -0.131. The summed E-state index contributed by atoms with van der Waals surface area (Å²) in [5, 5.41) is 2.56. The van der Waals surface area contributed by atoms with Gasteiger partial charge in [-0.3, -0.25) is 14.9 Å². The normalized spacial score (nSPS) is 33.0. The zero-order chi connectivity index (χ0) is 14.9. The quantitative estimate of drug-likeness (QED) is 0.849. The Morgan fingerprint density at radius 3 is 2.67 bits per heavy atom. The van der Waals surface area contributed by atoms with Crippen molar-refractivity contribution in [2.24, 2.45) is 17.3 Å². The van der Waals surface area contributed by atoms with Crippen LogP contribution in [0.2, 0.25) is 0 Å². The molecule has 3 heteroatoms. The Hall–Kier alpha value is -1.64. The minimum absolute atomic E-state index is 0.0659. The van der Waals surface area contributed by atoms with Gasteiger partial charge in [0.25, 0.3) is 0 Å². The predicted octanol–water partition coefficient (Wildman–Crippen LogP) is 3.09. The molecule has 2 amide bonds. The molecule has 1 N–H and O–H groups in total. The highest BCUT2D eigenvalue weighted by atomic mass is 16.2. The summed E-state index contributed by atoms with van der Waals surface area (Å²) in [4.78, 5) is 24.5. The highest BCUT2D eigenvalue weighted by Crippen LogP contribution is 2.51. The van der Waals surface area contributed by atoms with Crippen molar-refractivity contribution in [3.8, 4) is 0 Å². The second kappa shape index (κ2) is 5.63. The van der Waals surface area contributed by atoms with Gasteiger partial charge < -0.3 is 0 Å². The Balaban J connectivity index is 1.93. The summed E-state index contributed by atoms with van der Waals surface area (Å²) >= 11 is 0. The van der Waals surface area contributed by atoms with E-state index in [4.69, 9.17) is 0 Å². The molecule has 0 bridgehead atoms. The largest absolute Gasteiger partial charge is 0.296 e. The molecule has 1 spiro atoms. The van der Waals surface area contributed by atoms with Crippen LogP contribution in [0, 0.1) is 17.3 Å². The molecule has 1 heterocycles. The summed E-state index contributed by atoms with van der Waals surface area (Å²) < 4.78 is 0. The van der Waals surface area contributed by atoms with Gasteiger partial charge in [-0.15, -0.1) is 0 Å². The first-order chi connectivity index (χ1) is 10.1. The Labute approximate surface area is 126 Å². The third-order valence-corrected chi connectivity index (χ3v) is 5.56. The van der Waals surface area contributed by atoms with Crippen molar-refractivity contribution in [2.45, 2.75) is 45.4 Å². The van der Waals surface area contributed by atoms with Crippen molar-refractivity contribution < 1.29 is 9.59 Å². The number of carbonyl (C=O) groups excluding carboxylic acids is 2. The molecule has 1 saturated heterocycles.